The zero-order chi connectivity index (χ0) is 27.8. The molecule has 0 unspecified atom stereocenters. The van der Waals surface area contributed by atoms with Gasteiger partial charge in [0.2, 0.25) is 11.9 Å². The predicted octanol–water partition coefficient (Wildman–Crippen LogP) is 4.86. The lowest BCUT2D eigenvalue weighted by molar-refractivity contribution is -0.118. The lowest BCUT2D eigenvalue weighted by atomic mass is 10.1. The maximum atomic E-state index is 13.7. The van der Waals surface area contributed by atoms with Crippen molar-refractivity contribution < 1.29 is 14.3 Å². The van der Waals surface area contributed by atoms with Crippen molar-refractivity contribution in [3.8, 4) is 5.75 Å². The predicted molar refractivity (Wildman–Crippen MR) is 155 cm³/mol. The first-order valence-electron chi connectivity index (χ1n) is 14.0. The minimum Gasteiger partial charge on any atom is -0.495 e. The summed E-state index contributed by atoms with van der Waals surface area (Å²) in [5.74, 6) is 1.70. The van der Waals surface area contributed by atoms with Gasteiger partial charge in [-0.15, -0.1) is 0 Å². The summed E-state index contributed by atoms with van der Waals surface area (Å²) in [6.07, 6.45) is 10.5. The number of fused-ring (bicyclic) bond motifs is 1. The number of hydrogen-bond donors (Lipinski definition) is 1. The summed E-state index contributed by atoms with van der Waals surface area (Å²) in [4.78, 5) is 45.8. The van der Waals surface area contributed by atoms with Crippen LogP contribution in [0.15, 0.2) is 42.7 Å². The van der Waals surface area contributed by atoms with E-state index in [0.29, 0.717) is 42.0 Å². The standard InChI is InChI=1S/C30H35N7O3/c1-19-16-23(12-14-31-19)37(22-9-10-22)29(39)20-8-11-24(26(17-20)40-3)33-30-32-18-25-28(34-30)36(21-6-4-5-7-21)15-13-27(38)35(25)2/h8,11-12,14,16-18,21-22H,4-7,9-10,13,15H2,1-3H3,(H,32,33,34). The third kappa shape index (κ3) is 5.05. The summed E-state index contributed by atoms with van der Waals surface area (Å²) in [5, 5.41) is 3.29. The number of pyridine rings is 1. The van der Waals surface area contributed by atoms with E-state index in [0.717, 1.165) is 48.6 Å². The van der Waals surface area contributed by atoms with Crippen LogP contribution in [0.2, 0.25) is 0 Å². The first-order valence-corrected chi connectivity index (χ1v) is 14.0. The van der Waals surface area contributed by atoms with Gasteiger partial charge in [0.1, 0.15) is 11.4 Å². The van der Waals surface area contributed by atoms with E-state index >= 15 is 0 Å². The molecule has 0 bridgehead atoms. The molecule has 2 saturated carbocycles. The monoisotopic (exact) mass is 541 g/mol. The van der Waals surface area contributed by atoms with Crippen LogP contribution in [-0.4, -0.2) is 59.6 Å². The Bertz CT molecular complexity index is 1430. The van der Waals surface area contributed by atoms with Crippen LogP contribution in [0.25, 0.3) is 0 Å². The van der Waals surface area contributed by atoms with Gasteiger partial charge < -0.3 is 24.8 Å². The minimum atomic E-state index is -0.0702. The number of aryl methyl sites for hydroxylation is 1. The number of carbonyl (C=O) groups is 2. The van der Waals surface area contributed by atoms with Gasteiger partial charge in [0.15, 0.2) is 5.82 Å². The van der Waals surface area contributed by atoms with Crippen molar-refractivity contribution >= 4 is 40.6 Å². The summed E-state index contributed by atoms with van der Waals surface area (Å²) in [6.45, 7) is 2.57. The second kappa shape index (κ2) is 10.7. The Morgan fingerprint density at radius 1 is 1.10 bits per heavy atom. The highest BCUT2D eigenvalue weighted by atomic mass is 16.5. The molecule has 40 heavy (non-hydrogen) atoms. The maximum absolute atomic E-state index is 13.7. The van der Waals surface area contributed by atoms with Gasteiger partial charge in [0.05, 0.1) is 19.0 Å². The van der Waals surface area contributed by atoms with Gasteiger partial charge in [-0.2, -0.15) is 4.98 Å². The van der Waals surface area contributed by atoms with Crippen molar-refractivity contribution in [1.29, 1.82) is 0 Å². The van der Waals surface area contributed by atoms with E-state index in [4.69, 9.17) is 9.72 Å². The highest BCUT2D eigenvalue weighted by Crippen LogP contribution is 2.38. The number of carbonyl (C=O) groups excluding carboxylic acids is 2. The number of methoxy groups -OCH3 is 1. The van der Waals surface area contributed by atoms with E-state index in [-0.39, 0.29) is 17.9 Å². The highest BCUT2D eigenvalue weighted by Gasteiger charge is 2.35. The molecule has 1 aromatic carbocycles. The molecule has 1 N–H and O–H groups in total. The number of hydrogen-bond acceptors (Lipinski definition) is 8. The van der Waals surface area contributed by atoms with E-state index in [1.165, 1.54) is 12.8 Å². The summed E-state index contributed by atoms with van der Waals surface area (Å²) in [7, 11) is 3.37. The Morgan fingerprint density at radius 2 is 1.90 bits per heavy atom. The highest BCUT2D eigenvalue weighted by molar-refractivity contribution is 6.07. The van der Waals surface area contributed by atoms with Crippen LogP contribution in [0.4, 0.5) is 28.8 Å². The average Bonchev–Trinajstić information content (AvgIpc) is 3.67. The van der Waals surface area contributed by atoms with Crippen LogP contribution in [0, 0.1) is 6.92 Å². The smallest absolute Gasteiger partial charge is 0.258 e. The van der Waals surface area contributed by atoms with Gasteiger partial charge in [-0.1, -0.05) is 12.8 Å². The molecule has 0 spiro atoms. The number of nitrogens with one attached hydrogen (secondary N) is 1. The molecule has 3 aliphatic rings. The summed E-state index contributed by atoms with van der Waals surface area (Å²) < 4.78 is 5.69. The van der Waals surface area contributed by atoms with Gasteiger partial charge in [-0.05, 0) is 62.9 Å². The number of anilines is 5. The van der Waals surface area contributed by atoms with Crippen molar-refractivity contribution in [2.75, 3.05) is 40.7 Å². The summed E-state index contributed by atoms with van der Waals surface area (Å²) in [6, 6.07) is 9.78. The number of rotatable bonds is 7. The second-order valence-electron chi connectivity index (χ2n) is 10.8. The molecule has 3 heterocycles. The SMILES string of the molecule is COc1cc(C(=O)N(c2ccnc(C)c2)C2CC2)ccc1Nc1ncc2c(n1)N(C1CCCC1)CCC(=O)N2C. The largest absolute Gasteiger partial charge is 0.495 e. The number of aromatic nitrogens is 3. The average molecular weight is 542 g/mol. The summed E-state index contributed by atoms with van der Waals surface area (Å²) >= 11 is 0. The first kappa shape index (κ1) is 26.0. The maximum Gasteiger partial charge on any atom is 0.258 e. The van der Waals surface area contributed by atoms with Gasteiger partial charge >= 0.3 is 0 Å². The van der Waals surface area contributed by atoms with Gasteiger partial charge in [-0.3, -0.25) is 14.6 Å². The summed E-state index contributed by atoms with van der Waals surface area (Å²) in [5.41, 5.74) is 3.64. The third-order valence-corrected chi connectivity index (χ3v) is 8.07. The van der Waals surface area contributed by atoms with E-state index in [9.17, 15) is 9.59 Å². The van der Waals surface area contributed by atoms with Crippen molar-refractivity contribution in [3.05, 3.63) is 54.0 Å². The van der Waals surface area contributed by atoms with Gasteiger partial charge in [0, 0.05) is 55.2 Å². The molecule has 10 heteroatoms. The van der Waals surface area contributed by atoms with Crippen molar-refractivity contribution in [3.63, 3.8) is 0 Å². The van der Waals surface area contributed by atoms with Crippen LogP contribution < -0.4 is 24.8 Å². The van der Waals surface area contributed by atoms with Crippen molar-refractivity contribution in [2.45, 2.75) is 64.0 Å². The molecule has 1 aliphatic heterocycles. The Morgan fingerprint density at radius 3 is 2.62 bits per heavy atom. The second-order valence-corrected chi connectivity index (χ2v) is 10.8. The molecule has 208 valence electrons. The molecular weight excluding hydrogens is 506 g/mol. The topological polar surface area (TPSA) is 104 Å². The molecule has 10 nitrogen and oxygen atoms in total. The normalized spacial score (nSPS) is 17.4. The molecule has 0 saturated heterocycles. The third-order valence-electron chi connectivity index (χ3n) is 8.07. The van der Waals surface area contributed by atoms with E-state index in [1.54, 1.807) is 43.6 Å². The van der Waals surface area contributed by atoms with E-state index in [2.05, 4.69) is 20.2 Å². The zero-order valence-electron chi connectivity index (χ0n) is 23.3. The van der Waals surface area contributed by atoms with E-state index in [1.807, 2.05) is 30.0 Å². The number of nitrogens with zero attached hydrogens (tertiary/aromatic N) is 6. The van der Waals surface area contributed by atoms with Crippen LogP contribution in [0.5, 0.6) is 5.75 Å². The van der Waals surface area contributed by atoms with Crippen molar-refractivity contribution in [1.82, 2.24) is 15.0 Å². The molecule has 2 aromatic heterocycles. The van der Waals surface area contributed by atoms with Crippen LogP contribution in [0.1, 0.15) is 61.0 Å². The molecule has 3 aromatic rings. The molecule has 2 fully saturated rings. The lowest BCUT2D eigenvalue weighted by Crippen LogP contribution is -2.34. The molecule has 0 atom stereocenters. The molecule has 0 radical (unpaired) electrons. The Kier molecular flexibility index (Phi) is 7.00. The van der Waals surface area contributed by atoms with Gasteiger partial charge in [-0.25, -0.2) is 4.98 Å². The Hall–Kier alpha value is -4.21. The van der Waals surface area contributed by atoms with Crippen LogP contribution in [-0.2, 0) is 4.79 Å². The fourth-order valence-electron chi connectivity index (χ4n) is 5.76. The van der Waals surface area contributed by atoms with Crippen LogP contribution >= 0.6 is 0 Å². The fraction of sp³-hybridized carbons (Fsp3) is 0.433. The Balaban J connectivity index is 1.28. The van der Waals surface area contributed by atoms with Crippen LogP contribution in [0.3, 0.4) is 0 Å². The van der Waals surface area contributed by atoms with Gasteiger partial charge in [0.25, 0.3) is 5.91 Å². The number of benzene rings is 1. The minimum absolute atomic E-state index is 0.0650. The molecule has 6 rings (SSSR count). The fourth-order valence-corrected chi connectivity index (χ4v) is 5.76. The molecular formula is C30H35N7O3. The molecule has 2 amide bonds. The first-order chi connectivity index (χ1) is 19.4. The Labute approximate surface area is 234 Å². The number of ether oxygens (including phenoxy) is 1. The number of amides is 2. The quantitative estimate of drug-likeness (QED) is 0.453. The lowest BCUT2D eigenvalue weighted by Gasteiger charge is -2.30. The zero-order valence-corrected chi connectivity index (χ0v) is 23.3. The van der Waals surface area contributed by atoms with E-state index < -0.39 is 0 Å². The van der Waals surface area contributed by atoms with Crippen molar-refractivity contribution in [2.24, 2.45) is 0 Å². The molecule has 2 aliphatic carbocycles.